The number of primary amides is 1. The summed E-state index contributed by atoms with van der Waals surface area (Å²) in [6.45, 7) is 4.13. The van der Waals surface area contributed by atoms with Gasteiger partial charge in [-0.3, -0.25) is 4.79 Å². The summed E-state index contributed by atoms with van der Waals surface area (Å²) in [5, 5.41) is 0. The van der Waals surface area contributed by atoms with Crippen molar-refractivity contribution in [3.63, 3.8) is 0 Å². The van der Waals surface area contributed by atoms with Gasteiger partial charge in [-0.05, 0) is 44.2 Å². The summed E-state index contributed by atoms with van der Waals surface area (Å²) in [5.74, 6) is 0.465. The van der Waals surface area contributed by atoms with Crippen LogP contribution in [0.1, 0.15) is 24.0 Å². The van der Waals surface area contributed by atoms with Gasteiger partial charge in [-0.15, -0.1) is 11.8 Å². The molecule has 1 atom stereocenters. The van der Waals surface area contributed by atoms with Crippen molar-refractivity contribution in [3.05, 3.63) is 29.3 Å². The van der Waals surface area contributed by atoms with Gasteiger partial charge in [-0.2, -0.15) is 0 Å². The summed E-state index contributed by atoms with van der Waals surface area (Å²) < 4.78 is 0. The van der Waals surface area contributed by atoms with E-state index in [1.165, 1.54) is 16.0 Å². The number of carbonyl (C=O) groups excluding carboxylic acids is 1. The SMILES string of the molecule is Cc1ccc(C)c(SCC(N)(C(N)=O)C2CC2)c1. The minimum absolute atomic E-state index is 0.271. The van der Waals surface area contributed by atoms with Crippen LogP contribution in [0.15, 0.2) is 23.1 Å². The average molecular weight is 264 g/mol. The van der Waals surface area contributed by atoms with Crippen LogP contribution in [0.25, 0.3) is 0 Å². The van der Waals surface area contributed by atoms with Gasteiger partial charge in [-0.25, -0.2) is 0 Å². The van der Waals surface area contributed by atoms with E-state index in [-0.39, 0.29) is 11.8 Å². The first-order valence-corrected chi connectivity index (χ1v) is 7.21. The molecule has 0 bridgehead atoms. The molecule has 1 aliphatic rings. The number of rotatable bonds is 5. The van der Waals surface area contributed by atoms with E-state index in [0.29, 0.717) is 5.75 Å². The number of carbonyl (C=O) groups is 1. The van der Waals surface area contributed by atoms with Gasteiger partial charge in [0, 0.05) is 10.6 Å². The molecule has 0 radical (unpaired) electrons. The lowest BCUT2D eigenvalue weighted by atomic mass is 9.96. The third-order valence-electron chi connectivity index (χ3n) is 3.57. The summed E-state index contributed by atoms with van der Waals surface area (Å²) in [7, 11) is 0. The maximum absolute atomic E-state index is 11.6. The molecule has 1 amide bonds. The van der Waals surface area contributed by atoms with Crippen molar-refractivity contribution in [2.24, 2.45) is 17.4 Å². The quantitative estimate of drug-likeness (QED) is 0.799. The van der Waals surface area contributed by atoms with Crippen LogP contribution in [-0.2, 0) is 4.79 Å². The van der Waals surface area contributed by atoms with Crippen LogP contribution in [-0.4, -0.2) is 17.2 Å². The van der Waals surface area contributed by atoms with Crippen molar-refractivity contribution in [2.75, 3.05) is 5.75 Å². The second-order valence-corrected chi connectivity index (χ2v) is 6.25. The predicted molar refractivity (Wildman–Crippen MR) is 75.5 cm³/mol. The normalized spacial score (nSPS) is 18.4. The van der Waals surface area contributed by atoms with E-state index >= 15 is 0 Å². The number of nitrogens with two attached hydrogens (primary N) is 2. The number of aryl methyl sites for hydroxylation is 2. The summed E-state index contributed by atoms with van der Waals surface area (Å²) in [5.41, 5.74) is 13.2. The van der Waals surface area contributed by atoms with Crippen molar-refractivity contribution < 1.29 is 4.79 Å². The third kappa shape index (κ3) is 2.70. The number of hydrogen-bond acceptors (Lipinski definition) is 3. The van der Waals surface area contributed by atoms with Crippen LogP contribution in [0, 0.1) is 19.8 Å². The molecule has 2 rings (SSSR count). The topological polar surface area (TPSA) is 69.1 Å². The van der Waals surface area contributed by atoms with Gasteiger partial charge in [0.25, 0.3) is 0 Å². The van der Waals surface area contributed by atoms with Gasteiger partial charge in [0.2, 0.25) is 5.91 Å². The van der Waals surface area contributed by atoms with Gasteiger partial charge in [-0.1, -0.05) is 17.7 Å². The highest BCUT2D eigenvalue weighted by molar-refractivity contribution is 7.99. The standard InChI is InChI=1S/C14H20N2OS/c1-9-3-4-10(2)12(7-9)18-8-14(16,13(15)17)11-5-6-11/h3-4,7,11H,5-6,8,16H2,1-2H3,(H2,15,17). The van der Waals surface area contributed by atoms with E-state index in [2.05, 4.69) is 32.0 Å². The molecule has 0 saturated heterocycles. The second-order valence-electron chi connectivity index (χ2n) is 5.24. The van der Waals surface area contributed by atoms with Crippen LogP contribution >= 0.6 is 11.8 Å². The van der Waals surface area contributed by atoms with Gasteiger partial charge in [0.15, 0.2) is 0 Å². The average Bonchev–Trinajstić information content (AvgIpc) is 3.14. The molecule has 4 N–H and O–H groups in total. The molecule has 1 aromatic rings. The molecule has 18 heavy (non-hydrogen) atoms. The third-order valence-corrected chi connectivity index (χ3v) is 4.95. The van der Waals surface area contributed by atoms with Crippen molar-refractivity contribution in [3.8, 4) is 0 Å². The Morgan fingerprint density at radius 2 is 2.11 bits per heavy atom. The van der Waals surface area contributed by atoms with Crippen molar-refractivity contribution in [1.82, 2.24) is 0 Å². The highest BCUT2D eigenvalue weighted by Crippen LogP contribution is 2.41. The Morgan fingerprint density at radius 3 is 2.67 bits per heavy atom. The number of benzene rings is 1. The molecule has 1 fully saturated rings. The van der Waals surface area contributed by atoms with E-state index in [1.54, 1.807) is 11.8 Å². The molecule has 0 aromatic heterocycles. The first-order chi connectivity index (χ1) is 8.43. The van der Waals surface area contributed by atoms with E-state index in [1.807, 2.05) is 0 Å². The molecular formula is C14H20N2OS. The Bertz CT molecular complexity index is 471. The molecule has 4 heteroatoms. The summed E-state index contributed by atoms with van der Waals surface area (Å²) >= 11 is 1.64. The largest absolute Gasteiger partial charge is 0.368 e. The molecule has 3 nitrogen and oxygen atoms in total. The first-order valence-electron chi connectivity index (χ1n) is 6.22. The molecular weight excluding hydrogens is 244 g/mol. The van der Waals surface area contributed by atoms with Crippen molar-refractivity contribution in [1.29, 1.82) is 0 Å². The van der Waals surface area contributed by atoms with Gasteiger partial charge in [0.05, 0.1) is 0 Å². The lowest BCUT2D eigenvalue weighted by Crippen LogP contribution is -2.56. The summed E-state index contributed by atoms with van der Waals surface area (Å²) in [4.78, 5) is 12.7. The van der Waals surface area contributed by atoms with E-state index in [4.69, 9.17) is 11.5 Å². The molecule has 98 valence electrons. The van der Waals surface area contributed by atoms with E-state index in [9.17, 15) is 4.79 Å². The Morgan fingerprint density at radius 1 is 1.44 bits per heavy atom. The summed E-state index contributed by atoms with van der Waals surface area (Å²) in [6.07, 6.45) is 2.04. The second kappa shape index (κ2) is 4.94. The maximum atomic E-state index is 11.6. The highest BCUT2D eigenvalue weighted by Gasteiger charge is 2.46. The fraction of sp³-hybridized carbons (Fsp3) is 0.500. The van der Waals surface area contributed by atoms with Crippen LogP contribution in [0.4, 0.5) is 0 Å². The minimum Gasteiger partial charge on any atom is -0.368 e. The molecule has 1 aromatic carbocycles. The minimum atomic E-state index is -0.846. The Hall–Kier alpha value is -1.00. The zero-order valence-electron chi connectivity index (χ0n) is 10.9. The van der Waals surface area contributed by atoms with Crippen LogP contribution in [0.2, 0.25) is 0 Å². The number of amides is 1. The Kier molecular flexibility index (Phi) is 3.69. The zero-order chi connectivity index (χ0) is 13.3. The van der Waals surface area contributed by atoms with Crippen LogP contribution < -0.4 is 11.5 Å². The highest BCUT2D eigenvalue weighted by atomic mass is 32.2. The fourth-order valence-corrected chi connectivity index (χ4v) is 3.39. The Balaban J connectivity index is 2.10. The van der Waals surface area contributed by atoms with Gasteiger partial charge in [0.1, 0.15) is 5.54 Å². The molecule has 1 saturated carbocycles. The molecule has 1 aliphatic carbocycles. The van der Waals surface area contributed by atoms with E-state index < -0.39 is 5.54 Å². The fourth-order valence-electron chi connectivity index (χ4n) is 2.05. The molecule has 0 spiro atoms. The molecule has 1 unspecified atom stereocenters. The zero-order valence-corrected chi connectivity index (χ0v) is 11.7. The summed E-state index contributed by atoms with van der Waals surface area (Å²) in [6, 6.07) is 6.32. The Labute approximate surface area is 112 Å². The van der Waals surface area contributed by atoms with Crippen molar-refractivity contribution in [2.45, 2.75) is 37.1 Å². The number of thioether (sulfide) groups is 1. The van der Waals surface area contributed by atoms with Gasteiger partial charge >= 0.3 is 0 Å². The maximum Gasteiger partial charge on any atom is 0.238 e. The first kappa shape index (κ1) is 13.4. The van der Waals surface area contributed by atoms with Crippen molar-refractivity contribution >= 4 is 17.7 Å². The molecule has 0 aliphatic heterocycles. The smallest absolute Gasteiger partial charge is 0.238 e. The van der Waals surface area contributed by atoms with Crippen LogP contribution in [0.3, 0.4) is 0 Å². The monoisotopic (exact) mass is 264 g/mol. The lowest BCUT2D eigenvalue weighted by Gasteiger charge is -2.25. The van der Waals surface area contributed by atoms with E-state index in [0.717, 1.165) is 12.8 Å². The molecule has 0 heterocycles. The van der Waals surface area contributed by atoms with Crippen LogP contribution in [0.5, 0.6) is 0 Å². The predicted octanol–water partition coefficient (Wildman–Crippen LogP) is 1.99. The van der Waals surface area contributed by atoms with Gasteiger partial charge < -0.3 is 11.5 Å². The number of hydrogen-bond donors (Lipinski definition) is 2. The lowest BCUT2D eigenvalue weighted by molar-refractivity contribution is -0.123.